The first-order valence-electron chi connectivity index (χ1n) is 12.9. The molecule has 0 radical (unpaired) electrons. The summed E-state index contributed by atoms with van der Waals surface area (Å²) in [4.78, 5) is 28.2. The van der Waals surface area contributed by atoms with E-state index < -0.39 is 16.1 Å². The van der Waals surface area contributed by atoms with Crippen molar-refractivity contribution in [3.05, 3.63) is 64.7 Å². The summed E-state index contributed by atoms with van der Waals surface area (Å²) in [5.41, 5.74) is 2.52. The molecule has 2 aromatic carbocycles. The molecule has 0 aromatic heterocycles. The Morgan fingerprint density at radius 3 is 2.38 bits per heavy atom. The van der Waals surface area contributed by atoms with Crippen molar-refractivity contribution >= 4 is 39.1 Å². The molecule has 7 nitrogen and oxygen atoms in total. The molecular weight excluding hydrogens is 510 g/mol. The van der Waals surface area contributed by atoms with Crippen LogP contribution in [-0.4, -0.2) is 50.0 Å². The molecule has 37 heavy (non-hydrogen) atoms. The van der Waals surface area contributed by atoms with E-state index in [1.165, 1.54) is 10.7 Å². The van der Waals surface area contributed by atoms with E-state index in [1.807, 2.05) is 31.2 Å². The van der Waals surface area contributed by atoms with Gasteiger partial charge in [0.1, 0.15) is 6.04 Å². The molecule has 1 aliphatic rings. The summed E-state index contributed by atoms with van der Waals surface area (Å²) in [6.07, 6.45) is 6.92. The molecule has 0 bridgehead atoms. The number of halogens is 1. The van der Waals surface area contributed by atoms with Crippen molar-refractivity contribution in [2.45, 2.75) is 77.4 Å². The molecule has 1 saturated carbocycles. The van der Waals surface area contributed by atoms with Crippen LogP contribution < -0.4 is 9.62 Å². The van der Waals surface area contributed by atoms with Crippen LogP contribution in [0.1, 0.15) is 63.0 Å². The second kappa shape index (κ2) is 13.3. The van der Waals surface area contributed by atoms with Gasteiger partial charge in [0, 0.05) is 30.6 Å². The Hall–Kier alpha value is -2.58. The maximum absolute atomic E-state index is 13.4. The third-order valence-electron chi connectivity index (χ3n) is 6.82. The molecule has 2 amide bonds. The molecule has 0 heterocycles. The topological polar surface area (TPSA) is 86.8 Å². The van der Waals surface area contributed by atoms with Crippen LogP contribution in [0.3, 0.4) is 0 Å². The zero-order valence-corrected chi connectivity index (χ0v) is 23.5. The van der Waals surface area contributed by atoms with E-state index >= 15 is 0 Å². The smallest absolute Gasteiger partial charge is 0.242 e. The lowest BCUT2D eigenvalue weighted by molar-refractivity contribution is -0.141. The number of hydrogen-bond donors (Lipinski definition) is 1. The number of nitrogens with zero attached hydrogens (tertiary/aromatic N) is 2. The Kier molecular flexibility index (Phi) is 10.4. The normalized spacial score (nSPS) is 15.1. The maximum Gasteiger partial charge on any atom is 0.242 e. The second-order valence-corrected chi connectivity index (χ2v) is 12.3. The fourth-order valence-corrected chi connectivity index (χ4v) is 5.86. The first kappa shape index (κ1) is 29.0. The van der Waals surface area contributed by atoms with Crippen LogP contribution in [0.15, 0.2) is 48.5 Å². The molecule has 1 atom stereocenters. The molecule has 0 aliphatic heterocycles. The van der Waals surface area contributed by atoms with E-state index in [0.717, 1.165) is 43.1 Å². The van der Waals surface area contributed by atoms with Crippen LogP contribution in [0.5, 0.6) is 0 Å². The van der Waals surface area contributed by atoms with Gasteiger partial charge < -0.3 is 10.2 Å². The third kappa shape index (κ3) is 8.75. The molecule has 0 saturated heterocycles. The Balaban J connectivity index is 1.71. The Morgan fingerprint density at radius 2 is 1.76 bits per heavy atom. The Morgan fingerprint density at radius 1 is 1.08 bits per heavy atom. The van der Waals surface area contributed by atoms with Gasteiger partial charge in [-0.3, -0.25) is 13.9 Å². The lowest BCUT2D eigenvalue weighted by Gasteiger charge is -2.31. The van der Waals surface area contributed by atoms with Crippen molar-refractivity contribution in [2.75, 3.05) is 17.1 Å². The summed E-state index contributed by atoms with van der Waals surface area (Å²) in [5, 5.41) is 3.65. The highest BCUT2D eigenvalue weighted by Gasteiger charge is 2.28. The van der Waals surface area contributed by atoms with Crippen molar-refractivity contribution in [3.8, 4) is 0 Å². The van der Waals surface area contributed by atoms with Crippen LogP contribution in [0.25, 0.3) is 0 Å². The van der Waals surface area contributed by atoms with Crippen LogP contribution in [0.4, 0.5) is 5.69 Å². The van der Waals surface area contributed by atoms with E-state index in [4.69, 9.17) is 11.6 Å². The van der Waals surface area contributed by atoms with E-state index in [0.29, 0.717) is 23.7 Å². The molecular formula is C28H38ClN3O4S. The van der Waals surface area contributed by atoms with Gasteiger partial charge in [-0.25, -0.2) is 8.42 Å². The van der Waals surface area contributed by atoms with Gasteiger partial charge in [-0.15, -0.1) is 0 Å². The molecule has 9 heteroatoms. The summed E-state index contributed by atoms with van der Waals surface area (Å²) >= 11 is 5.95. The fraction of sp³-hybridized carbons (Fsp3) is 0.500. The standard InChI is InChI=1S/C28H38ClN3O4S/c1-21-9-7-10-23(19-21)20-31(22(2)28(34)30-25-11-5-4-6-12-25)27(33)13-8-18-32(37(3,35)36)26-16-14-24(29)15-17-26/h7,9-10,14-17,19,22,25H,4-6,8,11-13,18,20H2,1-3H3,(H,30,34)/t22-/m0/s1. The number of nitrogens with one attached hydrogen (secondary N) is 1. The van der Waals surface area contributed by atoms with E-state index in [-0.39, 0.29) is 30.8 Å². The van der Waals surface area contributed by atoms with Crippen LogP contribution in [-0.2, 0) is 26.2 Å². The van der Waals surface area contributed by atoms with E-state index in [1.54, 1.807) is 36.1 Å². The summed E-state index contributed by atoms with van der Waals surface area (Å²) in [5.74, 6) is -0.329. The van der Waals surface area contributed by atoms with Gasteiger partial charge >= 0.3 is 0 Å². The van der Waals surface area contributed by atoms with Crippen LogP contribution in [0.2, 0.25) is 5.02 Å². The number of rotatable bonds is 11. The molecule has 2 aromatic rings. The third-order valence-corrected chi connectivity index (χ3v) is 8.27. The predicted molar refractivity (Wildman–Crippen MR) is 149 cm³/mol. The number of carbonyl (C=O) groups is 2. The zero-order chi connectivity index (χ0) is 27.0. The quantitative estimate of drug-likeness (QED) is 0.426. The molecule has 202 valence electrons. The van der Waals surface area contributed by atoms with Gasteiger partial charge in [-0.1, -0.05) is 60.7 Å². The number of amides is 2. The molecule has 1 fully saturated rings. The molecule has 3 rings (SSSR count). The summed E-state index contributed by atoms with van der Waals surface area (Å²) < 4.78 is 26.1. The van der Waals surface area contributed by atoms with Gasteiger partial charge in [0.15, 0.2) is 0 Å². The van der Waals surface area contributed by atoms with Gasteiger partial charge in [0.25, 0.3) is 0 Å². The van der Waals surface area contributed by atoms with Crippen molar-refractivity contribution in [2.24, 2.45) is 0 Å². The summed E-state index contributed by atoms with van der Waals surface area (Å²) in [6.45, 7) is 4.22. The van der Waals surface area contributed by atoms with Gasteiger partial charge in [-0.2, -0.15) is 0 Å². The van der Waals surface area contributed by atoms with E-state index in [9.17, 15) is 18.0 Å². The fourth-order valence-electron chi connectivity index (χ4n) is 4.77. The van der Waals surface area contributed by atoms with Gasteiger partial charge in [-0.05, 0) is 62.9 Å². The molecule has 1 N–H and O–H groups in total. The summed E-state index contributed by atoms with van der Waals surface area (Å²) in [6, 6.07) is 14.0. The Bertz CT molecular complexity index is 1160. The number of hydrogen-bond acceptors (Lipinski definition) is 4. The van der Waals surface area contributed by atoms with Crippen molar-refractivity contribution in [1.29, 1.82) is 0 Å². The largest absolute Gasteiger partial charge is 0.352 e. The highest BCUT2D eigenvalue weighted by molar-refractivity contribution is 7.92. The first-order chi connectivity index (χ1) is 17.5. The molecule has 1 aliphatic carbocycles. The molecule has 0 unspecified atom stereocenters. The average molecular weight is 548 g/mol. The monoisotopic (exact) mass is 547 g/mol. The SMILES string of the molecule is Cc1cccc(CN(C(=O)CCCN(c2ccc(Cl)cc2)S(C)(=O)=O)[C@@H](C)C(=O)NC2CCCCC2)c1. The number of anilines is 1. The van der Waals surface area contributed by atoms with Crippen molar-refractivity contribution in [1.82, 2.24) is 10.2 Å². The highest BCUT2D eigenvalue weighted by Crippen LogP contribution is 2.22. The second-order valence-electron chi connectivity index (χ2n) is 9.95. The van der Waals surface area contributed by atoms with E-state index in [2.05, 4.69) is 5.32 Å². The number of carbonyl (C=O) groups excluding carboxylic acids is 2. The van der Waals surface area contributed by atoms with Crippen LogP contribution in [0, 0.1) is 6.92 Å². The zero-order valence-electron chi connectivity index (χ0n) is 22.0. The van der Waals surface area contributed by atoms with Gasteiger partial charge in [0.2, 0.25) is 21.8 Å². The predicted octanol–water partition coefficient (Wildman–Crippen LogP) is 5.06. The first-order valence-corrected chi connectivity index (χ1v) is 15.2. The number of sulfonamides is 1. The minimum absolute atomic E-state index is 0.118. The minimum Gasteiger partial charge on any atom is -0.352 e. The van der Waals surface area contributed by atoms with Crippen molar-refractivity contribution < 1.29 is 18.0 Å². The van der Waals surface area contributed by atoms with Crippen LogP contribution >= 0.6 is 11.6 Å². The lowest BCUT2D eigenvalue weighted by Crippen LogP contribution is -2.50. The van der Waals surface area contributed by atoms with Crippen molar-refractivity contribution in [3.63, 3.8) is 0 Å². The molecule has 0 spiro atoms. The minimum atomic E-state index is -3.55. The van der Waals surface area contributed by atoms with Gasteiger partial charge in [0.05, 0.1) is 11.9 Å². The Labute approximate surface area is 226 Å². The summed E-state index contributed by atoms with van der Waals surface area (Å²) in [7, 11) is -3.55. The number of benzene rings is 2. The highest BCUT2D eigenvalue weighted by atomic mass is 35.5. The number of aryl methyl sites for hydroxylation is 1. The lowest BCUT2D eigenvalue weighted by atomic mass is 9.95. The average Bonchev–Trinajstić information content (AvgIpc) is 2.85. The maximum atomic E-state index is 13.4.